The van der Waals surface area contributed by atoms with E-state index < -0.39 is 5.82 Å². The lowest BCUT2D eigenvalue weighted by atomic mass is 10.7. The van der Waals surface area contributed by atoms with Crippen molar-refractivity contribution in [1.29, 1.82) is 0 Å². The van der Waals surface area contributed by atoms with Gasteiger partial charge in [-0.05, 0) is 15.9 Å². The normalized spacial score (nSPS) is 10.1. The molecule has 0 radical (unpaired) electrons. The number of aromatic nitrogens is 2. The molecule has 1 aromatic rings. The Morgan fingerprint density at radius 3 is 2.67 bits per heavy atom. The van der Waals surface area contributed by atoms with Crippen molar-refractivity contribution in [3.63, 3.8) is 0 Å². The van der Waals surface area contributed by atoms with Gasteiger partial charge in [-0.3, -0.25) is 0 Å². The summed E-state index contributed by atoms with van der Waals surface area (Å²) in [7, 11) is 0. The number of hydrogen-bond acceptors (Lipinski definition) is 2. The molecule has 9 heavy (non-hydrogen) atoms. The molecule has 0 amide bonds. The zero-order chi connectivity index (χ0) is 6.85. The average Bonchev–Trinajstić information content (AvgIpc) is 2.15. The van der Waals surface area contributed by atoms with Gasteiger partial charge in [-0.2, -0.15) is 9.19 Å². The van der Waals surface area contributed by atoms with Crippen molar-refractivity contribution in [2.45, 2.75) is 0 Å². The van der Waals surface area contributed by atoms with Crippen LogP contribution in [0.4, 0.5) is 8.28 Å². The summed E-state index contributed by atoms with van der Waals surface area (Å²) < 4.78 is 24.6. The molecular weight excluding hydrogens is 214 g/mol. The number of nitrogens with zero attached hydrogens (tertiary/aromatic N) is 2. The summed E-state index contributed by atoms with van der Waals surface area (Å²) in [6, 6.07) is 0. The fourth-order valence-corrected chi connectivity index (χ4v) is 0.935. The van der Waals surface area contributed by atoms with Crippen molar-refractivity contribution in [2.75, 3.05) is 0 Å². The van der Waals surface area contributed by atoms with Crippen LogP contribution >= 0.6 is 28.3 Å². The smallest absolute Gasteiger partial charge is 0.188 e. The number of rotatable bonds is 1. The zero-order valence-electron chi connectivity index (χ0n) is 4.01. The SMILES string of the molecule is FSn1ncc(F)c1Br. The fourth-order valence-electron chi connectivity index (χ4n) is 0.347. The molecule has 0 aliphatic heterocycles. The van der Waals surface area contributed by atoms with E-state index in [1.165, 1.54) is 0 Å². The molecule has 50 valence electrons. The number of hydrogen-bond donors (Lipinski definition) is 0. The molecule has 1 heterocycles. The first-order valence-electron chi connectivity index (χ1n) is 1.94. The van der Waals surface area contributed by atoms with Gasteiger partial charge in [-0.25, -0.2) is 4.39 Å². The van der Waals surface area contributed by atoms with Crippen LogP contribution < -0.4 is 0 Å². The highest BCUT2D eigenvalue weighted by Crippen LogP contribution is 2.19. The zero-order valence-corrected chi connectivity index (χ0v) is 6.42. The second-order valence-electron chi connectivity index (χ2n) is 1.23. The van der Waals surface area contributed by atoms with E-state index in [1.54, 1.807) is 0 Å². The first-order valence-corrected chi connectivity index (χ1v) is 3.40. The van der Waals surface area contributed by atoms with E-state index in [2.05, 4.69) is 21.0 Å². The lowest BCUT2D eigenvalue weighted by Gasteiger charge is -1.87. The molecule has 0 bridgehead atoms. The van der Waals surface area contributed by atoms with Crippen molar-refractivity contribution in [3.8, 4) is 0 Å². The molecule has 1 rings (SSSR count). The molecule has 2 nitrogen and oxygen atoms in total. The van der Waals surface area contributed by atoms with E-state index in [1.807, 2.05) is 0 Å². The van der Waals surface area contributed by atoms with Crippen LogP contribution in [0.5, 0.6) is 0 Å². The molecule has 0 atom stereocenters. The maximum absolute atomic E-state index is 12.2. The van der Waals surface area contributed by atoms with E-state index in [4.69, 9.17) is 0 Å². The summed E-state index contributed by atoms with van der Waals surface area (Å²) in [5.74, 6) is -0.569. The Labute approximate surface area is 62.8 Å². The molecule has 0 spiro atoms. The van der Waals surface area contributed by atoms with Crippen LogP contribution in [0.15, 0.2) is 10.8 Å². The van der Waals surface area contributed by atoms with Crippen LogP contribution in [0, 0.1) is 5.82 Å². The summed E-state index contributed by atoms with van der Waals surface area (Å²) >= 11 is 2.61. The molecule has 0 N–H and O–H groups in total. The summed E-state index contributed by atoms with van der Waals surface area (Å²) in [6.07, 6.45) is 0.927. The summed E-state index contributed by atoms with van der Waals surface area (Å²) in [6.45, 7) is 0. The molecule has 1 aromatic heterocycles. The van der Waals surface area contributed by atoms with Crippen LogP contribution in [0.2, 0.25) is 0 Å². The van der Waals surface area contributed by atoms with Crippen LogP contribution in [0.1, 0.15) is 0 Å². The molecule has 6 heteroatoms. The van der Waals surface area contributed by atoms with Gasteiger partial charge in [0.25, 0.3) is 0 Å². The Bertz CT molecular complexity index is 214. The Hall–Kier alpha value is -0.100. The Morgan fingerprint density at radius 2 is 2.44 bits per heavy atom. The van der Waals surface area contributed by atoms with Crippen molar-refractivity contribution in [1.82, 2.24) is 9.19 Å². The van der Waals surface area contributed by atoms with Crippen molar-refractivity contribution >= 4 is 28.3 Å². The van der Waals surface area contributed by atoms with Crippen LogP contribution in [0.3, 0.4) is 0 Å². The van der Waals surface area contributed by atoms with Gasteiger partial charge in [0.2, 0.25) is 0 Å². The highest BCUT2D eigenvalue weighted by atomic mass is 79.9. The lowest BCUT2D eigenvalue weighted by molar-refractivity contribution is 0.620. The second kappa shape index (κ2) is 2.66. The van der Waals surface area contributed by atoms with Gasteiger partial charge in [0.1, 0.15) is 0 Å². The van der Waals surface area contributed by atoms with E-state index in [-0.39, 0.29) is 16.9 Å². The van der Waals surface area contributed by atoms with Gasteiger partial charge in [-0.15, -0.1) is 3.89 Å². The third kappa shape index (κ3) is 1.24. The van der Waals surface area contributed by atoms with Gasteiger partial charge in [0.05, 0.1) is 6.20 Å². The first kappa shape index (κ1) is 7.01. The predicted octanol–water partition coefficient (Wildman–Crippen LogP) is 2.17. The van der Waals surface area contributed by atoms with Gasteiger partial charge < -0.3 is 0 Å². The highest BCUT2D eigenvalue weighted by molar-refractivity contribution is 9.10. The third-order valence-corrected chi connectivity index (χ3v) is 2.06. The minimum absolute atomic E-state index is 0.00926. The van der Waals surface area contributed by atoms with Gasteiger partial charge in [-0.1, -0.05) is 0 Å². The molecule has 0 saturated heterocycles. The quantitative estimate of drug-likeness (QED) is 0.714. The molecule has 0 aromatic carbocycles. The maximum atomic E-state index is 12.2. The van der Waals surface area contributed by atoms with Crippen LogP contribution in [-0.4, -0.2) is 9.19 Å². The minimum Gasteiger partial charge on any atom is -0.202 e. The summed E-state index contributed by atoms with van der Waals surface area (Å²) in [4.78, 5) is 0. The molecule has 0 aliphatic rings. The molecular formula is C3HBrF2N2S. The van der Waals surface area contributed by atoms with Crippen LogP contribution in [0.25, 0.3) is 0 Å². The molecule has 0 fully saturated rings. The summed E-state index contributed by atoms with van der Waals surface area (Å²) in [5, 5.41) is 3.32. The van der Waals surface area contributed by atoms with E-state index >= 15 is 0 Å². The molecule has 0 aliphatic carbocycles. The largest absolute Gasteiger partial charge is 0.202 e. The summed E-state index contributed by atoms with van der Waals surface area (Å²) in [5.41, 5.74) is 0. The topological polar surface area (TPSA) is 17.8 Å². The van der Waals surface area contributed by atoms with E-state index in [0.717, 1.165) is 10.3 Å². The van der Waals surface area contributed by atoms with E-state index in [9.17, 15) is 8.28 Å². The lowest BCUT2D eigenvalue weighted by Crippen LogP contribution is -1.83. The van der Waals surface area contributed by atoms with Gasteiger partial charge >= 0.3 is 0 Å². The Balaban J connectivity index is 3.04. The monoisotopic (exact) mass is 214 g/mol. The van der Waals surface area contributed by atoms with Crippen molar-refractivity contribution in [3.05, 3.63) is 16.6 Å². The van der Waals surface area contributed by atoms with Crippen molar-refractivity contribution < 1.29 is 8.28 Å². The average molecular weight is 215 g/mol. The van der Waals surface area contributed by atoms with Crippen LogP contribution in [-0.2, 0) is 0 Å². The van der Waals surface area contributed by atoms with Crippen molar-refractivity contribution in [2.24, 2.45) is 0 Å². The second-order valence-corrected chi connectivity index (χ2v) is 2.46. The van der Waals surface area contributed by atoms with Gasteiger partial charge in [0.15, 0.2) is 22.8 Å². The molecule has 0 saturated carbocycles. The maximum Gasteiger partial charge on any atom is 0.188 e. The standard InChI is InChI=1S/C3HBrF2N2S/c4-3-2(5)1-7-8(3)9-6/h1H. The minimum atomic E-state index is -0.569. The van der Waals surface area contributed by atoms with E-state index in [0.29, 0.717) is 0 Å². The first-order chi connectivity index (χ1) is 4.25. The van der Waals surface area contributed by atoms with Gasteiger partial charge in [0, 0.05) is 0 Å². The Morgan fingerprint density at radius 1 is 1.78 bits per heavy atom. The Kier molecular flexibility index (Phi) is 2.07. The predicted molar refractivity (Wildman–Crippen MR) is 34.0 cm³/mol. The number of halogens is 3. The fraction of sp³-hybridized carbons (Fsp3) is 0. The molecule has 0 unspecified atom stereocenters. The highest BCUT2D eigenvalue weighted by Gasteiger charge is 2.06. The third-order valence-electron chi connectivity index (χ3n) is 0.706.